The van der Waals surface area contributed by atoms with E-state index in [1.165, 1.54) is 6.26 Å². The van der Waals surface area contributed by atoms with Crippen molar-refractivity contribution in [1.29, 1.82) is 0 Å². The highest BCUT2D eigenvalue weighted by Gasteiger charge is 2.08. The van der Waals surface area contributed by atoms with Crippen LogP contribution in [0.15, 0.2) is 4.99 Å². The molecule has 0 saturated carbocycles. The molecule has 0 radical (unpaired) electrons. The Hall–Kier alpha value is -0.0500. The van der Waals surface area contributed by atoms with Crippen molar-refractivity contribution in [1.82, 2.24) is 10.6 Å². The molecular formula is C8H20IN3O2S. The van der Waals surface area contributed by atoms with Crippen molar-refractivity contribution < 1.29 is 8.42 Å². The van der Waals surface area contributed by atoms with Gasteiger partial charge < -0.3 is 10.6 Å². The lowest BCUT2D eigenvalue weighted by atomic mass is 10.3. The second kappa shape index (κ2) is 8.14. The van der Waals surface area contributed by atoms with Gasteiger partial charge in [-0.2, -0.15) is 0 Å². The number of hydrogen-bond acceptors (Lipinski definition) is 3. The molecule has 0 aliphatic rings. The molecule has 2 N–H and O–H groups in total. The van der Waals surface area contributed by atoms with Crippen LogP contribution in [0.25, 0.3) is 0 Å². The Labute approximate surface area is 109 Å². The number of nitrogens with zero attached hydrogens (tertiary/aromatic N) is 1. The third-order valence-corrected chi connectivity index (χ3v) is 2.74. The molecule has 0 bridgehead atoms. The first-order chi connectivity index (χ1) is 6.39. The summed E-state index contributed by atoms with van der Waals surface area (Å²) in [5.74, 6) is 0.869. The fourth-order valence-electron chi connectivity index (χ4n) is 0.945. The lowest BCUT2D eigenvalue weighted by Crippen LogP contribution is -2.41. The Morgan fingerprint density at radius 2 is 2.00 bits per heavy atom. The van der Waals surface area contributed by atoms with Gasteiger partial charge in [0.25, 0.3) is 0 Å². The van der Waals surface area contributed by atoms with Crippen molar-refractivity contribution in [3.05, 3.63) is 0 Å². The van der Waals surface area contributed by atoms with Crippen molar-refractivity contribution in [3.63, 3.8) is 0 Å². The first kappa shape index (κ1) is 17.3. The average molecular weight is 349 g/mol. The highest BCUT2D eigenvalue weighted by molar-refractivity contribution is 14.0. The van der Waals surface area contributed by atoms with Crippen LogP contribution in [0.3, 0.4) is 0 Å². The fraction of sp³-hybridized carbons (Fsp3) is 0.875. The number of halogens is 1. The predicted octanol–water partition coefficient (Wildman–Crippen LogP) is 0.222. The minimum Gasteiger partial charge on any atom is -0.359 e. The number of sulfone groups is 1. The number of rotatable bonds is 4. The maximum Gasteiger partial charge on any atom is 0.190 e. The van der Waals surface area contributed by atoms with Gasteiger partial charge in [0.15, 0.2) is 5.96 Å². The van der Waals surface area contributed by atoms with Crippen LogP contribution in [0.5, 0.6) is 0 Å². The molecule has 0 amide bonds. The molecule has 0 rings (SSSR count). The van der Waals surface area contributed by atoms with Crippen LogP contribution in [0.2, 0.25) is 0 Å². The first-order valence-corrected chi connectivity index (χ1v) is 6.54. The Kier molecular flexibility index (Phi) is 9.42. The van der Waals surface area contributed by atoms with Crippen LogP contribution in [-0.4, -0.2) is 46.5 Å². The summed E-state index contributed by atoms with van der Waals surface area (Å²) in [5, 5.41) is 5.93. The van der Waals surface area contributed by atoms with Gasteiger partial charge in [-0.05, 0) is 13.3 Å². The zero-order chi connectivity index (χ0) is 11.2. The van der Waals surface area contributed by atoms with Crippen molar-refractivity contribution in [2.75, 3.05) is 26.1 Å². The summed E-state index contributed by atoms with van der Waals surface area (Å²) < 4.78 is 21.8. The van der Waals surface area contributed by atoms with Gasteiger partial charge >= 0.3 is 0 Å². The molecule has 0 saturated heterocycles. The molecule has 0 aromatic rings. The van der Waals surface area contributed by atoms with Gasteiger partial charge in [-0.15, -0.1) is 24.0 Å². The Morgan fingerprint density at radius 1 is 1.47 bits per heavy atom. The van der Waals surface area contributed by atoms with Crippen molar-refractivity contribution >= 4 is 39.8 Å². The van der Waals surface area contributed by atoms with Crippen LogP contribution >= 0.6 is 24.0 Å². The predicted molar refractivity (Wildman–Crippen MR) is 74.8 cm³/mol. The molecule has 92 valence electrons. The van der Waals surface area contributed by atoms with Gasteiger partial charge in [0.2, 0.25) is 0 Å². The minimum absolute atomic E-state index is 0. The van der Waals surface area contributed by atoms with Gasteiger partial charge in [0.05, 0.1) is 5.75 Å². The highest BCUT2D eigenvalue weighted by atomic mass is 127. The molecule has 0 aliphatic heterocycles. The van der Waals surface area contributed by atoms with Crippen molar-refractivity contribution in [2.24, 2.45) is 4.99 Å². The molecular weight excluding hydrogens is 329 g/mol. The zero-order valence-corrected chi connectivity index (χ0v) is 12.7. The monoisotopic (exact) mass is 349 g/mol. The Morgan fingerprint density at radius 3 is 2.33 bits per heavy atom. The molecule has 0 aliphatic carbocycles. The highest BCUT2D eigenvalue weighted by Crippen LogP contribution is 1.94. The lowest BCUT2D eigenvalue weighted by molar-refractivity contribution is 0.582. The molecule has 7 heteroatoms. The molecule has 0 aromatic carbocycles. The molecule has 0 aromatic heterocycles. The minimum atomic E-state index is -2.87. The van der Waals surface area contributed by atoms with Crippen LogP contribution in [-0.2, 0) is 9.84 Å². The van der Waals surface area contributed by atoms with Gasteiger partial charge in [-0.1, -0.05) is 0 Å². The lowest BCUT2D eigenvalue weighted by Gasteiger charge is -2.15. The van der Waals surface area contributed by atoms with Crippen molar-refractivity contribution in [2.45, 2.75) is 19.4 Å². The summed E-state index contributed by atoms with van der Waals surface area (Å²) in [4.78, 5) is 3.94. The van der Waals surface area contributed by atoms with Crippen LogP contribution in [0.4, 0.5) is 0 Å². The van der Waals surface area contributed by atoms with Gasteiger partial charge in [0, 0.05) is 26.4 Å². The largest absolute Gasteiger partial charge is 0.359 e. The molecule has 1 atom stereocenters. The maximum absolute atomic E-state index is 10.9. The second-order valence-electron chi connectivity index (χ2n) is 3.29. The van der Waals surface area contributed by atoms with Crippen LogP contribution in [0.1, 0.15) is 13.3 Å². The normalized spacial score (nSPS) is 14.0. The van der Waals surface area contributed by atoms with Crippen LogP contribution in [0, 0.1) is 0 Å². The molecule has 5 nitrogen and oxygen atoms in total. The van der Waals surface area contributed by atoms with E-state index in [1.54, 1.807) is 14.1 Å². The summed E-state index contributed by atoms with van der Waals surface area (Å²) in [6.45, 7) is 1.92. The standard InChI is InChI=1S/C8H19N3O2S.HI/c1-7(5-6-14(4,12)13)11-8(9-2)10-3;/h7H,5-6H2,1-4H3,(H2,9,10,11);1H. The summed E-state index contributed by atoms with van der Waals surface area (Å²) in [6.07, 6.45) is 1.83. The summed E-state index contributed by atoms with van der Waals surface area (Å²) >= 11 is 0. The zero-order valence-electron chi connectivity index (χ0n) is 9.57. The molecule has 15 heavy (non-hydrogen) atoms. The number of guanidine groups is 1. The van der Waals surface area contributed by atoms with Crippen molar-refractivity contribution in [3.8, 4) is 0 Å². The van der Waals surface area contributed by atoms with Gasteiger partial charge in [0.1, 0.15) is 9.84 Å². The molecule has 1 unspecified atom stereocenters. The maximum atomic E-state index is 10.9. The van der Waals surface area contributed by atoms with E-state index in [4.69, 9.17) is 0 Å². The van der Waals surface area contributed by atoms with Gasteiger partial charge in [-0.25, -0.2) is 8.42 Å². The fourth-order valence-corrected chi connectivity index (χ4v) is 1.73. The summed E-state index contributed by atoms with van der Waals surface area (Å²) in [5.41, 5.74) is 0. The SMILES string of the molecule is CN=C(NC)NC(C)CCS(C)(=O)=O.I. The van der Waals surface area contributed by atoms with E-state index in [-0.39, 0.29) is 35.8 Å². The van der Waals surface area contributed by atoms with E-state index in [9.17, 15) is 8.42 Å². The summed E-state index contributed by atoms with van der Waals surface area (Å²) in [7, 11) is 0.563. The smallest absolute Gasteiger partial charge is 0.190 e. The van der Waals surface area contributed by atoms with E-state index in [1.807, 2.05) is 6.92 Å². The second-order valence-corrected chi connectivity index (χ2v) is 5.55. The molecule has 0 heterocycles. The molecule has 0 fully saturated rings. The Bertz CT molecular complexity index is 290. The van der Waals surface area contributed by atoms with E-state index < -0.39 is 9.84 Å². The van der Waals surface area contributed by atoms with E-state index in [0.717, 1.165) is 0 Å². The topological polar surface area (TPSA) is 70.6 Å². The van der Waals surface area contributed by atoms with Crippen LogP contribution < -0.4 is 10.6 Å². The quantitative estimate of drug-likeness (QED) is 0.433. The number of hydrogen-bond donors (Lipinski definition) is 2. The summed E-state index contributed by atoms with van der Waals surface area (Å²) in [6, 6.07) is 0.0934. The third kappa shape index (κ3) is 10.2. The number of nitrogens with one attached hydrogen (secondary N) is 2. The van der Waals surface area contributed by atoms with E-state index in [2.05, 4.69) is 15.6 Å². The Balaban J connectivity index is 0. The average Bonchev–Trinajstić information content (AvgIpc) is 2.09. The first-order valence-electron chi connectivity index (χ1n) is 4.48. The third-order valence-electron chi connectivity index (χ3n) is 1.77. The number of aliphatic imine (C=N–C) groups is 1. The molecule has 0 spiro atoms. The van der Waals surface area contributed by atoms with E-state index >= 15 is 0 Å². The van der Waals surface area contributed by atoms with Gasteiger partial charge in [-0.3, -0.25) is 4.99 Å². The van der Waals surface area contributed by atoms with E-state index in [0.29, 0.717) is 12.4 Å².